The summed E-state index contributed by atoms with van der Waals surface area (Å²) < 4.78 is 10.3. The molecule has 0 fully saturated rings. The van der Waals surface area contributed by atoms with Crippen LogP contribution in [0.25, 0.3) is 0 Å². The third-order valence-corrected chi connectivity index (χ3v) is 4.02. The summed E-state index contributed by atoms with van der Waals surface area (Å²) in [7, 11) is 0. The Hall–Kier alpha value is -2.94. The van der Waals surface area contributed by atoms with Crippen molar-refractivity contribution in [3.63, 3.8) is 0 Å². The summed E-state index contributed by atoms with van der Waals surface area (Å²) in [6.07, 6.45) is 1.57. The van der Waals surface area contributed by atoms with E-state index in [1.165, 1.54) is 0 Å². The van der Waals surface area contributed by atoms with Gasteiger partial charge in [-0.25, -0.2) is 0 Å². The molecule has 9 nitrogen and oxygen atoms in total. The second kappa shape index (κ2) is 15.0. The van der Waals surface area contributed by atoms with Gasteiger partial charge in [0.2, 0.25) is 11.8 Å². The van der Waals surface area contributed by atoms with Gasteiger partial charge < -0.3 is 25.4 Å². The monoisotopic (exact) mass is 449 g/mol. The van der Waals surface area contributed by atoms with E-state index < -0.39 is 11.6 Å². The zero-order chi connectivity index (χ0) is 23.8. The first-order chi connectivity index (χ1) is 15.2. The molecule has 0 aliphatic rings. The van der Waals surface area contributed by atoms with Gasteiger partial charge in [0.15, 0.2) is 0 Å². The van der Waals surface area contributed by atoms with Gasteiger partial charge in [0.1, 0.15) is 18.8 Å². The molecule has 32 heavy (non-hydrogen) atoms. The minimum Gasteiger partial charge on any atom is -0.460 e. The molecular formula is C23H35N3O6. The zero-order valence-electron chi connectivity index (χ0n) is 19.2. The summed E-state index contributed by atoms with van der Waals surface area (Å²) in [5, 5.41) is 8.19. The number of esters is 2. The van der Waals surface area contributed by atoms with E-state index in [1.807, 2.05) is 30.3 Å². The molecule has 0 atom stereocenters. The second-order valence-electron chi connectivity index (χ2n) is 8.24. The lowest BCUT2D eigenvalue weighted by molar-refractivity contribution is -0.154. The SMILES string of the molecule is CC(C)(C)OC(=O)CNC(=O)CCCNC(=O)CCCNCC(=O)OCc1ccccc1. The summed E-state index contributed by atoms with van der Waals surface area (Å²) in [6.45, 7) is 6.32. The van der Waals surface area contributed by atoms with E-state index in [4.69, 9.17) is 9.47 Å². The van der Waals surface area contributed by atoms with Crippen molar-refractivity contribution in [3.05, 3.63) is 35.9 Å². The highest BCUT2D eigenvalue weighted by Gasteiger charge is 2.16. The number of carbonyl (C=O) groups is 4. The number of carbonyl (C=O) groups excluding carboxylic acids is 4. The predicted molar refractivity (Wildman–Crippen MR) is 119 cm³/mol. The number of benzene rings is 1. The maximum Gasteiger partial charge on any atom is 0.325 e. The Balaban J connectivity index is 1.97. The summed E-state index contributed by atoms with van der Waals surface area (Å²) in [4.78, 5) is 46.7. The molecule has 0 saturated carbocycles. The fourth-order valence-electron chi connectivity index (χ4n) is 2.56. The normalized spacial score (nSPS) is 10.8. The quantitative estimate of drug-likeness (QED) is 0.290. The van der Waals surface area contributed by atoms with Gasteiger partial charge in [-0.05, 0) is 45.7 Å². The molecule has 0 aromatic heterocycles. The predicted octanol–water partition coefficient (Wildman–Crippen LogP) is 1.45. The van der Waals surface area contributed by atoms with Gasteiger partial charge in [-0.1, -0.05) is 30.3 Å². The third kappa shape index (κ3) is 15.0. The number of ether oxygens (including phenoxy) is 2. The molecule has 9 heteroatoms. The molecular weight excluding hydrogens is 414 g/mol. The van der Waals surface area contributed by atoms with Gasteiger partial charge in [-0.15, -0.1) is 0 Å². The average Bonchev–Trinajstić information content (AvgIpc) is 2.73. The molecule has 0 radical (unpaired) electrons. The number of amides is 2. The topological polar surface area (TPSA) is 123 Å². The highest BCUT2D eigenvalue weighted by Crippen LogP contribution is 2.06. The number of hydrogen-bond donors (Lipinski definition) is 3. The second-order valence-corrected chi connectivity index (χ2v) is 8.24. The number of nitrogens with one attached hydrogen (secondary N) is 3. The van der Waals surface area contributed by atoms with E-state index in [0.717, 1.165) is 5.56 Å². The zero-order valence-corrected chi connectivity index (χ0v) is 19.2. The third-order valence-electron chi connectivity index (χ3n) is 4.02. The van der Waals surface area contributed by atoms with Gasteiger partial charge in [0.05, 0.1) is 6.54 Å². The lowest BCUT2D eigenvalue weighted by Gasteiger charge is -2.19. The van der Waals surface area contributed by atoms with Crippen LogP contribution in [-0.2, 0) is 35.3 Å². The molecule has 0 spiro atoms. The Morgan fingerprint density at radius 1 is 0.812 bits per heavy atom. The van der Waals surface area contributed by atoms with Gasteiger partial charge in [-0.2, -0.15) is 0 Å². The fourth-order valence-corrected chi connectivity index (χ4v) is 2.56. The summed E-state index contributed by atoms with van der Waals surface area (Å²) in [5.41, 5.74) is 0.339. The molecule has 1 rings (SSSR count). The molecule has 2 amide bonds. The van der Waals surface area contributed by atoms with E-state index in [9.17, 15) is 19.2 Å². The van der Waals surface area contributed by atoms with Crippen molar-refractivity contribution in [1.29, 1.82) is 0 Å². The molecule has 1 aromatic rings. The van der Waals surface area contributed by atoms with Crippen LogP contribution in [0.1, 0.15) is 52.0 Å². The standard InChI is InChI=1S/C23H35N3O6/c1-23(2,3)32-22(30)16-26-20(28)12-8-14-25-19(27)11-7-13-24-15-21(29)31-17-18-9-5-4-6-10-18/h4-6,9-10,24H,7-8,11-17H2,1-3H3,(H,25,27)(H,26,28). The van der Waals surface area contributed by atoms with Crippen LogP contribution in [0.15, 0.2) is 30.3 Å². The van der Waals surface area contributed by atoms with Crippen LogP contribution in [0.5, 0.6) is 0 Å². The Morgan fingerprint density at radius 3 is 2.09 bits per heavy atom. The van der Waals surface area contributed by atoms with E-state index in [2.05, 4.69) is 16.0 Å². The molecule has 0 bridgehead atoms. The van der Waals surface area contributed by atoms with Crippen LogP contribution in [0.2, 0.25) is 0 Å². The highest BCUT2D eigenvalue weighted by atomic mass is 16.6. The molecule has 3 N–H and O–H groups in total. The molecule has 1 aromatic carbocycles. The number of hydrogen-bond acceptors (Lipinski definition) is 7. The van der Waals surface area contributed by atoms with Gasteiger partial charge >= 0.3 is 11.9 Å². The largest absolute Gasteiger partial charge is 0.460 e. The molecule has 0 aliphatic heterocycles. The van der Waals surface area contributed by atoms with Crippen molar-refractivity contribution >= 4 is 23.8 Å². The van der Waals surface area contributed by atoms with Crippen molar-refractivity contribution in [2.24, 2.45) is 0 Å². The Kier molecular flexibility index (Phi) is 12.7. The van der Waals surface area contributed by atoms with Crippen molar-refractivity contribution in [3.8, 4) is 0 Å². The van der Waals surface area contributed by atoms with Gasteiger partial charge in [0, 0.05) is 19.4 Å². The average molecular weight is 450 g/mol. The van der Waals surface area contributed by atoms with Crippen LogP contribution in [0.3, 0.4) is 0 Å². The lowest BCUT2D eigenvalue weighted by Crippen LogP contribution is -2.35. The maximum atomic E-state index is 11.8. The Bertz CT molecular complexity index is 731. The first-order valence-corrected chi connectivity index (χ1v) is 10.8. The summed E-state index contributed by atoms with van der Waals surface area (Å²) in [5.74, 6) is -1.22. The lowest BCUT2D eigenvalue weighted by atomic mass is 10.2. The minimum absolute atomic E-state index is 0.0901. The Labute approximate surface area is 189 Å². The van der Waals surface area contributed by atoms with Crippen molar-refractivity contribution in [2.75, 3.05) is 26.2 Å². The summed E-state index contributed by atoms with van der Waals surface area (Å²) >= 11 is 0. The Morgan fingerprint density at radius 2 is 1.44 bits per heavy atom. The first kappa shape index (κ1) is 27.1. The maximum absolute atomic E-state index is 11.8. The minimum atomic E-state index is -0.590. The molecule has 0 aliphatic carbocycles. The van der Waals surface area contributed by atoms with Crippen LogP contribution in [-0.4, -0.2) is 55.5 Å². The van der Waals surface area contributed by atoms with Crippen molar-refractivity contribution in [2.45, 2.75) is 58.7 Å². The molecule has 0 heterocycles. The van der Waals surface area contributed by atoms with E-state index in [-0.39, 0.29) is 43.9 Å². The van der Waals surface area contributed by atoms with Crippen molar-refractivity contribution in [1.82, 2.24) is 16.0 Å². The van der Waals surface area contributed by atoms with Crippen molar-refractivity contribution < 1.29 is 28.7 Å². The van der Waals surface area contributed by atoms with E-state index in [0.29, 0.717) is 32.4 Å². The van der Waals surface area contributed by atoms with E-state index in [1.54, 1.807) is 20.8 Å². The molecule has 0 unspecified atom stereocenters. The van der Waals surface area contributed by atoms with Gasteiger partial charge in [-0.3, -0.25) is 19.2 Å². The fraction of sp³-hybridized carbons (Fsp3) is 0.565. The highest BCUT2D eigenvalue weighted by molar-refractivity contribution is 5.82. The van der Waals surface area contributed by atoms with Crippen LogP contribution < -0.4 is 16.0 Å². The van der Waals surface area contributed by atoms with Crippen LogP contribution in [0, 0.1) is 0 Å². The number of rotatable bonds is 14. The van der Waals surface area contributed by atoms with Crippen LogP contribution >= 0.6 is 0 Å². The smallest absolute Gasteiger partial charge is 0.325 e. The molecule has 178 valence electrons. The van der Waals surface area contributed by atoms with E-state index >= 15 is 0 Å². The first-order valence-electron chi connectivity index (χ1n) is 10.8. The summed E-state index contributed by atoms with van der Waals surface area (Å²) in [6, 6.07) is 9.43. The molecule has 0 saturated heterocycles. The van der Waals surface area contributed by atoms with Crippen LogP contribution in [0.4, 0.5) is 0 Å². The van der Waals surface area contributed by atoms with Gasteiger partial charge in [0.25, 0.3) is 0 Å².